The summed E-state index contributed by atoms with van der Waals surface area (Å²) in [4.78, 5) is 0. The molecule has 0 aliphatic heterocycles. The zero-order chi connectivity index (χ0) is 9.52. The van der Waals surface area contributed by atoms with Crippen molar-refractivity contribution < 1.29 is 0 Å². The Morgan fingerprint density at radius 2 is 1.67 bits per heavy atom. The van der Waals surface area contributed by atoms with Crippen LogP contribution in [0.1, 0.15) is 31.9 Å². The van der Waals surface area contributed by atoms with Crippen molar-refractivity contribution in [3.05, 3.63) is 53.6 Å². The molecule has 0 bridgehead atoms. The van der Waals surface area contributed by atoms with Crippen LogP contribution in [0.15, 0.2) is 42.5 Å². The third kappa shape index (κ3) is 6.69. The summed E-state index contributed by atoms with van der Waals surface area (Å²) in [6.07, 6.45) is 9.55. The summed E-state index contributed by atoms with van der Waals surface area (Å²) in [5, 5.41) is 0. The van der Waals surface area contributed by atoms with Crippen molar-refractivity contribution in [1.82, 2.24) is 6.15 Å². The van der Waals surface area contributed by atoms with Gasteiger partial charge in [0.1, 0.15) is 0 Å². The van der Waals surface area contributed by atoms with Crippen molar-refractivity contribution in [3.63, 3.8) is 0 Å². The van der Waals surface area contributed by atoms with Crippen molar-refractivity contribution in [1.29, 1.82) is 0 Å². The molecule has 0 fully saturated rings. The van der Waals surface area contributed by atoms with E-state index in [2.05, 4.69) is 55.5 Å². The standard InChI is InChI=1S/C13H16.CH4.H3N/c1-3-4-5-6-7-13-10-8-12(2)9-11-13;;/h3-4,6-11H,5H2,1-2H3;1H4;1H3. The molecule has 3 N–H and O–H groups in total. The second kappa shape index (κ2) is 9.22. The maximum Gasteiger partial charge on any atom is -0.0166 e. The summed E-state index contributed by atoms with van der Waals surface area (Å²) >= 11 is 0. The van der Waals surface area contributed by atoms with Crippen molar-refractivity contribution in [2.75, 3.05) is 0 Å². The average molecular weight is 205 g/mol. The Kier molecular flexibility index (Phi) is 9.90. The molecule has 15 heavy (non-hydrogen) atoms. The Balaban J connectivity index is 0. The van der Waals surface area contributed by atoms with Crippen LogP contribution >= 0.6 is 0 Å². The number of allylic oxidation sites excluding steroid dienone is 3. The van der Waals surface area contributed by atoms with Gasteiger partial charge in [0.05, 0.1) is 0 Å². The summed E-state index contributed by atoms with van der Waals surface area (Å²) in [6, 6.07) is 8.55. The van der Waals surface area contributed by atoms with Crippen LogP contribution in [0, 0.1) is 6.92 Å². The Labute approximate surface area is 94.1 Å². The zero-order valence-electron chi connectivity index (χ0n) is 9.03. The van der Waals surface area contributed by atoms with Gasteiger partial charge in [0.25, 0.3) is 0 Å². The van der Waals surface area contributed by atoms with Crippen LogP contribution < -0.4 is 6.15 Å². The second-order valence-corrected chi connectivity index (χ2v) is 3.12. The Bertz CT molecular complexity index is 294. The van der Waals surface area contributed by atoms with Crippen LogP contribution in [0.5, 0.6) is 0 Å². The monoisotopic (exact) mass is 205 g/mol. The van der Waals surface area contributed by atoms with E-state index < -0.39 is 0 Å². The van der Waals surface area contributed by atoms with Crippen LogP contribution in [0.25, 0.3) is 6.08 Å². The molecule has 0 aromatic heterocycles. The van der Waals surface area contributed by atoms with Gasteiger partial charge in [-0.05, 0) is 25.8 Å². The fourth-order valence-corrected chi connectivity index (χ4v) is 1.10. The summed E-state index contributed by atoms with van der Waals surface area (Å²) in [7, 11) is 0. The first-order valence-corrected chi connectivity index (χ1v) is 4.67. The molecule has 0 aliphatic rings. The lowest BCUT2D eigenvalue weighted by molar-refractivity contribution is 1.39. The van der Waals surface area contributed by atoms with Gasteiger partial charge >= 0.3 is 0 Å². The van der Waals surface area contributed by atoms with Gasteiger partial charge in [-0.25, -0.2) is 0 Å². The van der Waals surface area contributed by atoms with Crippen molar-refractivity contribution in [2.45, 2.75) is 27.7 Å². The molecule has 0 heterocycles. The molecule has 84 valence electrons. The minimum atomic E-state index is 0. The van der Waals surface area contributed by atoms with Gasteiger partial charge in [-0.3, -0.25) is 0 Å². The topological polar surface area (TPSA) is 35.0 Å². The number of hydrogen-bond donors (Lipinski definition) is 1. The van der Waals surface area contributed by atoms with Gasteiger partial charge in [-0.1, -0.05) is 61.6 Å². The lowest BCUT2D eigenvalue weighted by Gasteiger charge is -1.93. The number of benzene rings is 1. The van der Waals surface area contributed by atoms with Crippen molar-refractivity contribution >= 4 is 6.08 Å². The third-order valence-corrected chi connectivity index (χ3v) is 1.90. The highest BCUT2D eigenvalue weighted by molar-refractivity contribution is 5.49. The van der Waals surface area contributed by atoms with Gasteiger partial charge in [0.15, 0.2) is 0 Å². The highest BCUT2D eigenvalue weighted by Crippen LogP contribution is 2.05. The van der Waals surface area contributed by atoms with Gasteiger partial charge in [-0.15, -0.1) is 0 Å². The van der Waals surface area contributed by atoms with E-state index in [4.69, 9.17) is 0 Å². The van der Waals surface area contributed by atoms with Crippen LogP contribution in [-0.2, 0) is 0 Å². The first-order valence-electron chi connectivity index (χ1n) is 4.67. The van der Waals surface area contributed by atoms with Crippen molar-refractivity contribution in [2.24, 2.45) is 0 Å². The predicted molar refractivity (Wildman–Crippen MR) is 71.4 cm³/mol. The molecule has 1 nitrogen and oxygen atoms in total. The second-order valence-electron chi connectivity index (χ2n) is 3.12. The minimum Gasteiger partial charge on any atom is -0.344 e. The molecule has 1 rings (SSSR count). The number of aryl methyl sites for hydroxylation is 1. The molecule has 0 aliphatic carbocycles. The van der Waals surface area contributed by atoms with E-state index in [0.29, 0.717) is 0 Å². The molecular formula is C14H23N. The quantitative estimate of drug-likeness (QED) is 0.708. The Morgan fingerprint density at radius 3 is 2.20 bits per heavy atom. The fraction of sp³-hybridized carbons (Fsp3) is 0.286. The van der Waals surface area contributed by atoms with E-state index in [9.17, 15) is 0 Å². The fourth-order valence-electron chi connectivity index (χ4n) is 1.10. The third-order valence-electron chi connectivity index (χ3n) is 1.90. The van der Waals surface area contributed by atoms with Gasteiger partial charge in [0, 0.05) is 0 Å². The highest BCUT2D eigenvalue weighted by Gasteiger charge is 1.84. The normalized spacial score (nSPS) is 10.0. The van der Waals surface area contributed by atoms with Gasteiger partial charge < -0.3 is 6.15 Å². The van der Waals surface area contributed by atoms with Gasteiger partial charge in [0.2, 0.25) is 0 Å². The smallest absolute Gasteiger partial charge is 0.0166 e. The molecule has 1 aromatic rings. The predicted octanol–water partition coefficient (Wildman–Crippen LogP) is 4.77. The molecule has 0 spiro atoms. The molecule has 0 radical (unpaired) electrons. The maximum absolute atomic E-state index is 2.17. The average Bonchev–Trinajstić information content (AvgIpc) is 2.15. The first-order chi connectivity index (χ1) is 6.33. The largest absolute Gasteiger partial charge is 0.344 e. The highest BCUT2D eigenvalue weighted by atomic mass is 14.0. The Morgan fingerprint density at radius 1 is 1.07 bits per heavy atom. The van der Waals surface area contributed by atoms with Crippen LogP contribution in [0.4, 0.5) is 0 Å². The molecule has 1 aromatic carbocycles. The van der Waals surface area contributed by atoms with E-state index >= 15 is 0 Å². The molecule has 0 amide bonds. The van der Waals surface area contributed by atoms with Crippen LogP contribution in [-0.4, -0.2) is 0 Å². The van der Waals surface area contributed by atoms with E-state index in [1.807, 2.05) is 6.92 Å². The molecule has 0 saturated carbocycles. The van der Waals surface area contributed by atoms with Crippen LogP contribution in [0.2, 0.25) is 0 Å². The Hall–Kier alpha value is -1.34. The maximum atomic E-state index is 2.17. The zero-order valence-corrected chi connectivity index (χ0v) is 9.03. The minimum absolute atomic E-state index is 0. The first kappa shape index (κ1) is 16.1. The van der Waals surface area contributed by atoms with Crippen LogP contribution in [0.3, 0.4) is 0 Å². The molecule has 0 atom stereocenters. The summed E-state index contributed by atoms with van der Waals surface area (Å²) < 4.78 is 0. The summed E-state index contributed by atoms with van der Waals surface area (Å²) in [5.41, 5.74) is 2.58. The lowest BCUT2D eigenvalue weighted by atomic mass is 10.1. The van der Waals surface area contributed by atoms with E-state index in [1.54, 1.807) is 0 Å². The lowest BCUT2D eigenvalue weighted by Crippen LogP contribution is -1.72. The summed E-state index contributed by atoms with van der Waals surface area (Å²) in [6.45, 7) is 4.15. The number of rotatable bonds is 3. The molecule has 1 heteroatoms. The molecular weight excluding hydrogens is 182 g/mol. The number of hydrogen-bond acceptors (Lipinski definition) is 1. The van der Waals surface area contributed by atoms with E-state index in [1.165, 1.54) is 11.1 Å². The summed E-state index contributed by atoms with van der Waals surface area (Å²) in [5.74, 6) is 0. The van der Waals surface area contributed by atoms with E-state index in [-0.39, 0.29) is 13.6 Å². The molecule has 0 saturated heterocycles. The van der Waals surface area contributed by atoms with Crippen molar-refractivity contribution in [3.8, 4) is 0 Å². The SMILES string of the molecule is C.CC=CCC=Cc1ccc(C)cc1.N. The van der Waals surface area contributed by atoms with Gasteiger partial charge in [-0.2, -0.15) is 0 Å². The molecule has 0 unspecified atom stereocenters. The van der Waals surface area contributed by atoms with E-state index in [0.717, 1.165) is 6.42 Å².